The van der Waals surface area contributed by atoms with Crippen LogP contribution in [0.2, 0.25) is 0 Å². The van der Waals surface area contributed by atoms with Crippen molar-refractivity contribution < 1.29 is 19.1 Å². The molecule has 0 aliphatic heterocycles. The average molecular weight is 453 g/mol. The molecule has 0 saturated heterocycles. The molecule has 1 amide bonds. The predicted octanol–water partition coefficient (Wildman–Crippen LogP) is 4.75. The minimum absolute atomic E-state index is 0.0690. The summed E-state index contributed by atoms with van der Waals surface area (Å²) in [6.07, 6.45) is 0. The maximum absolute atomic E-state index is 13.5. The van der Waals surface area contributed by atoms with Crippen LogP contribution in [0.4, 0.5) is 5.69 Å². The largest absolute Gasteiger partial charge is 0.497 e. The summed E-state index contributed by atoms with van der Waals surface area (Å²) in [5.41, 5.74) is 2.94. The number of hydrogen-bond acceptors (Lipinski definition) is 5. The number of aromatic amines is 1. The highest BCUT2D eigenvalue weighted by Crippen LogP contribution is 2.23. The average Bonchev–Trinajstić information content (AvgIpc) is 3.30. The van der Waals surface area contributed by atoms with Gasteiger partial charge in [-0.3, -0.25) is 19.5 Å². The number of carbonyl (C=O) groups is 3. The summed E-state index contributed by atoms with van der Waals surface area (Å²) in [5.74, 6) is -0.865. The van der Waals surface area contributed by atoms with E-state index in [1.165, 1.54) is 0 Å². The first kappa shape index (κ1) is 22.7. The normalized spacial score (nSPS) is 10.6. The number of aromatic nitrogens is 2. The second-order valence-corrected chi connectivity index (χ2v) is 7.90. The molecular weight excluding hydrogens is 430 g/mol. The van der Waals surface area contributed by atoms with Gasteiger partial charge in [-0.15, -0.1) is 0 Å². The van der Waals surface area contributed by atoms with Crippen LogP contribution in [0.3, 0.4) is 0 Å². The highest BCUT2D eigenvalue weighted by molar-refractivity contribution is 6.23. The molecule has 4 rings (SSSR count). The number of ketones is 2. The van der Waals surface area contributed by atoms with Crippen molar-refractivity contribution in [2.24, 2.45) is 0 Å². The third-order valence-electron chi connectivity index (χ3n) is 5.41. The van der Waals surface area contributed by atoms with Gasteiger partial charge in [0.1, 0.15) is 17.1 Å². The summed E-state index contributed by atoms with van der Waals surface area (Å²) >= 11 is 0. The molecule has 7 nitrogen and oxygen atoms in total. The SMILES string of the molecule is COc1ccc(NC(=O)c2[nH]nc(C(=O)c3ccc(C)cc3)c2C(=O)c2ccc(C)cc2)cc1. The fraction of sp³-hybridized carbons (Fsp3) is 0.111. The lowest BCUT2D eigenvalue weighted by atomic mass is 9.96. The van der Waals surface area contributed by atoms with Gasteiger partial charge in [0.25, 0.3) is 5.91 Å². The summed E-state index contributed by atoms with van der Waals surface area (Å²) in [5, 5.41) is 9.44. The Labute approximate surface area is 196 Å². The summed E-state index contributed by atoms with van der Waals surface area (Å²) in [7, 11) is 1.55. The first-order valence-electron chi connectivity index (χ1n) is 10.6. The number of nitrogens with one attached hydrogen (secondary N) is 2. The molecule has 0 bridgehead atoms. The molecular formula is C27H23N3O4. The number of benzene rings is 3. The number of methoxy groups -OCH3 is 1. The molecule has 34 heavy (non-hydrogen) atoms. The lowest BCUT2D eigenvalue weighted by Crippen LogP contribution is -2.18. The van der Waals surface area contributed by atoms with Crippen molar-refractivity contribution in [1.82, 2.24) is 10.2 Å². The lowest BCUT2D eigenvalue weighted by molar-refractivity contribution is 0.0987. The number of carbonyl (C=O) groups excluding carboxylic acids is 3. The zero-order valence-electron chi connectivity index (χ0n) is 19.0. The smallest absolute Gasteiger partial charge is 0.274 e. The quantitative estimate of drug-likeness (QED) is 0.393. The highest BCUT2D eigenvalue weighted by Gasteiger charge is 2.30. The number of amides is 1. The maximum Gasteiger partial charge on any atom is 0.274 e. The standard InChI is InChI=1S/C27H23N3O4/c1-16-4-8-18(9-5-16)25(31)22-23(26(32)19-10-6-17(2)7-11-19)29-30-24(22)27(33)28-20-12-14-21(34-3)15-13-20/h4-15H,1-3H3,(H,28,33)(H,29,30). The van der Waals surface area contributed by atoms with Crippen molar-refractivity contribution in [3.63, 3.8) is 0 Å². The van der Waals surface area contributed by atoms with E-state index in [9.17, 15) is 14.4 Å². The van der Waals surface area contributed by atoms with E-state index >= 15 is 0 Å². The molecule has 0 aliphatic rings. The van der Waals surface area contributed by atoms with Crippen LogP contribution >= 0.6 is 0 Å². The number of H-pyrrole nitrogens is 1. The molecule has 4 aromatic rings. The summed E-state index contributed by atoms with van der Waals surface area (Å²) in [6.45, 7) is 3.82. The number of hydrogen-bond donors (Lipinski definition) is 2. The minimum Gasteiger partial charge on any atom is -0.497 e. The van der Waals surface area contributed by atoms with Crippen LogP contribution in [-0.2, 0) is 0 Å². The van der Waals surface area contributed by atoms with E-state index in [1.807, 2.05) is 13.8 Å². The van der Waals surface area contributed by atoms with Gasteiger partial charge in [0.05, 0.1) is 12.7 Å². The zero-order valence-corrected chi connectivity index (χ0v) is 19.0. The van der Waals surface area contributed by atoms with Crippen molar-refractivity contribution in [2.75, 3.05) is 12.4 Å². The van der Waals surface area contributed by atoms with Crippen LogP contribution < -0.4 is 10.1 Å². The highest BCUT2D eigenvalue weighted by atomic mass is 16.5. The van der Waals surface area contributed by atoms with Crippen LogP contribution in [-0.4, -0.2) is 34.8 Å². The summed E-state index contributed by atoms with van der Waals surface area (Å²) < 4.78 is 5.13. The van der Waals surface area contributed by atoms with Crippen LogP contribution in [0.1, 0.15) is 53.6 Å². The van der Waals surface area contributed by atoms with Gasteiger partial charge < -0.3 is 10.1 Å². The topological polar surface area (TPSA) is 101 Å². The fourth-order valence-electron chi connectivity index (χ4n) is 3.45. The number of nitrogens with zero attached hydrogens (tertiary/aromatic N) is 1. The van der Waals surface area contributed by atoms with Crippen LogP contribution in [0.25, 0.3) is 0 Å². The Morgan fingerprint density at radius 1 is 0.765 bits per heavy atom. The van der Waals surface area contributed by atoms with Crippen LogP contribution in [0, 0.1) is 13.8 Å². The molecule has 0 aliphatic carbocycles. The second kappa shape index (κ2) is 9.54. The van der Waals surface area contributed by atoms with Gasteiger partial charge in [0.2, 0.25) is 5.78 Å². The molecule has 1 aromatic heterocycles. The van der Waals surface area contributed by atoms with Gasteiger partial charge in [-0.25, -0.2) is 0 Å². The van der Waals surface area contributed by atoms with Crippen molar-refractivity contribution in [3.05, 3.63) is 112 Å². The number of anilines is 1. The van der Waals surface area contributed by atoms with Gasteiger partial charge in [0.15, 0.2) is 5.78 Å². The van der Waals surface area contributed by atoms with Gasteiger partial charge in [0, 0.05) is 16.8 Å². The molecule has 170 valence electrons. The van der Waals surface area contributed by atoms with Crippen LogP contribution in [0.5, 0.6) is 5.75 Å². The van der Waals surface area contributed by atoms with E-state index in [0.29, 0.717) is 22.6 Å². The van der Waals surface area contributed by atoms with Crippen molar-refractivity contribution in [3.8, 4) is 5.75 Å². The van der Waals surface area contributed by atoms with Crippen molar-refractivity contribution >= 4 is 23.2 Å². The van der Waals surface area contributed by atoms with Gasteiger partial charge >= 0.3 is 0 Å². The Kier molecular flexibility index (Phi) is 6.36. The molecule has 0 spiro atoms. The van der Waals surface area contributed by atoms with Crippen molar-refractivity contribution in [2.45, 2.75) is 13.8 Å². The Bertz CT molecular complexity index is 1350. The molecule has 2 N–H and O–H groups in total. The van der Waals surface area contributed by atoms with E-state index < -0.39 is 17.5 Å². The van der Waals surface area contributed by atoms with E-state index in [0.717, 1.165) is 11.1 Å². The Morgan fingerprint density at radius 3 is 1.82 bits per heavy atom. The Balaban J connectivity index is 1.75. The monoisotopic (exact) mass is 453 g/mol. The van der Waals surface area contributed by atoms with E-state index in [4.69, 9.17) is 4.74 Å². The molecule has 0 saturated carbocycles. The Hall–Kier alpha value is -4.52. The number of rotatable bonds is 7. The van der Waals surface area contributed by atoms with Crippen molar-refractivity contribution in [1.29, 1.82) is 0 Å². The molecule has 0 radical (unpaired) electrons. The molecule has 1 heterocycles. The van der Waals surface area contributed by atoms with Gasteiger partial charge in [-0.1, -0.05) is 59.7 Å². The summed E-state index contributed by atoms with van der Waals surface area (Å²) in [4.78, 5) is 39.9. The van der Waals surface area contributed by atoms with Gasteiger partial charge in [-0.2, -0.15) is 5.10 Å². The third kappa shape index (κ3) is 4.63. The minimum atomic E-state index is -0.587. The first-order valence-corrected chi connectivity index (χ1v) is 10.6. The first-order chi connectivity index (χ1) is 16.4. The molecule has 0 unspecified atom stereocenters. The van der Waals surface area contributed by atoms with E-state index in [1.54, 1.807) is 79.9 Å². The summed E-state index contributed by atoms with van der Waals surface area (Å²) in [6, 6.07) is 20.6. The molecule has 7 heteroatoms. The lowest BCUT2D eigenvalue weighted by Gasteiger charge is -2.08. The Morgan fingerprint density at radius 2 is 1.29 bits per heavy atom. The zero-order chi connectivity index (χ0) is 24.2. The maximum atomic E-state index is 13.5. The second-order valence-electron chi connectivity index (χ2n) is 7.90. The third-order valence-corrected chi connectivity index (χ3v) is 5.41. The number of ether oxygens (including phenoxy) is 1. The predicted molar refractivity (Wildman–Crippen MR) is 129 cm³/mol. The molecule has 0 fully saturated rings. The van der Waals surface area contributed by atoms with E-state index in [2.05, 4.69) is 15.5 Å². The van der Waals surface area contributed by atoms with E-state index in [-0.39, 0.29) is 17.0 Å². The van der Waals surface area contributed by atoms with Gasteiger partial charge in [-0.05, 0) is 38.1 Å². The van der Waals surface area contributed by atoms with Crippen LogP contribution in [0.15, 0.2) is 72.8 Å². The molecule has 3 aromatic carbocycles. The fourth-order valence-corrected chi connectivity index (χ4v) is 3.45. The number of aryl methyl sites for hydroxylation is 2. The molecule has 0 atom stereocenters.